The first kappa shape index (κ1) is 18.4. The van der Waals surface area contributed by atoms with E-state index in [9.17, 15) is 14.9 Å². The normalized spacial score (nSPS) is 14.1. The van der Waals surface area contributed by atoms with Gasteiger partial charge in [-0.15, -0.1) is 0 Å². The van der Waals surface area contributed by atoms with Crippen LogP contribution in [0.25, 0.3) is 11.6 Å². The SMILES string of the molecule is CCOC(=O)c1ccc(C=C2C=CN(CC)c3ccccc32)c([N+](=O)[O-])c1. The van der Waals surface area contributed by atoms with Gasteiger partial charge in [-0.05, 0) is 49.8 Å². The molecule has 6 heteroatoms. The fourth-order valence-electron chi connectivity index (χ4n) is 3.04. The molecule has 138 valence electrons. The van der Waals surface area contributed by atoms with Gasteiger partial charge in [0, 0.05) is 30.1 Å². The minimum Gasteiger partial charge on any atom is -0.462 e. The molecule has 0 saturated heterocycles. The average Bonchev–Trinajstić information content (AvgIpc) is 2.68. The minimum atomic E-state index is -0.568. The van der Waals surface area contributed by atoms with Crippen molar-refractivity contribution in [2.24, 2.45) is 0 Å². The largest absolute Gasteiger partial charge is 0.462 e. The van der Waals surface area contributed by atoms with Crippen LogP contribution in [0.15, 0.2) is 54.7 Å². The van der Waals surface area contributed by atoms with Crippen LogP contribution in [0, 0.1) is 10.1 Å². The van der Waals surface area contributed by atoms with Gasteiger partial charge < -0.3 is 9.64 Å². The number of hydrogen-bond donors (Lipinski definition) is 0. The molecule has 0 saturated carbocycles. The molecule has 1 aliphatic heterocycles. The molecule has 1 heterocycles. The van der Waals surface area contributed by atoms with E-state index in [0.29, 0.717) is 5.56 Å². The zero-order valence-electron chi connectivity index (χ0n) is 15.2. The lowest BCUT2D eigenvalue weighted by Gasteiger charge is -2.26. The maximum atomic E-state index is 11.9. The number of nitro groups is 1. The smallest absolute Gasteiger partial charge is 0.338 e. The first-order chi connectivity index (χ1) is 13.0. The summed E-state index contributed by atoms with van der Waals surface area (Å²) in [6.07, 6.45) is 5.68. The van der Waals surface area contributed by atoms with E-state index >= 15 is 0 Å². The summed E-state index contributed by atoms with van der Waals surface area (Å²) in [6.45, 7) is 4.80. The molecule has 3 rings (SSSR count). The van der Waals surface area contributed by atoms with Gasteiger partial charge in [-0.1, -0.05) is 18.2 Å². The van der Waals surface area contributed by atoms with Crippen molar-refractivity contribution in [2.75, 3.05) is 18.1 Å². The molecular formula is C21H20N2O4. The predicted molar refractivity (Wildman–Crippen MR) is 106 cm³/mol. The average molecular weight is 364 g/mol. The number of fused-ring (bicyclic) bond motifs is 1. The van der Waals surface area contributed by atoms with Crippen LogP contribution in [0.4, 0.5) is 11.4 Å². The number of rotatable bonds is 5. The van der Waals surface area contributed by atoms with E-state index in [4.69, 9.17) is 4.74 Å². The van der Waals surface area contributed by atoms with Crippen LogP contribution in [0.3, 0.4) is 0 Å². The van der Waals surface area contributed by atoms with Crippen molar-refractivity contribution >= 4 is 29.0 Å². The molecule has 0 radical (unpaired) electrons. The number of carbonyl (C=O) groups excluding carboxylic acids is 1. The molecule has 0 N–H and O–H groups in total. The second-order valence-electron chi connectivity index (χ2n) is 5.97. The van der Waals surface area contributed by atoms with E-state index in [2.05, 4.69) is 11.8 Å². The molecule has 0 aromatic heterocycles. The third-order valence-corrected chi connectivity index (χ3v) is 4.35. The van der Waals surface area contributed by atoms with Crippen LogP contribution in [0.1, 0.15) is 35.3 Å². The van der Waals surface area contributed by atoms with Gasteiger partial charge in [0.25, 0.3) is 5.69 Å². The lowest BCUT2D eigenvalue weighted by Crippen LogP contribution is -2.18. The van der Waals surface area contributed by atoms with Crippen molar-refractivity contribution in [3.63, 3.8) is 0 Å². The van der Waals surface area contributed by atoms with Crippen molar-refractivity contribution in [1.29, 1.82) is 0 Å². The first-order valence-electron chi connectivity index (χ1n) is 8.76. The number of nitro benzene ring substituents is 1. The Balaban J connectivity index is 2.07. The molecule has 0 amide bonds. The highest BCUT2D eigenvalue weighted by molar-refractivity contribution is 5.97. The molecule has 0 aliphatic carbocycles. The molecule has 27 heavy (non-hydrogen) atoms. The number of allylic oxidation sites excluding steroid dienone is 2. The third kappa shape index (κ3) is 3.74. The standard InChI is InChI=1S/C21H20N2O4/c1-3-22-12-11-15(18-7-5-6-8-19(18)22)13-16-9-10-17(21(24)27-4-2)14-20(16)23(25)26/h5-14H,3-4H2,1-2H3. The number of hydrogen-bond acceptors (Lipinski definition) is 5. The van der Waals surface area contributed by atoms with E-state index in [1.807, 2.05) is 36.5 Å². The number of esters is 1. The summed E-state index contributed by atoms with van der Waals surface area (Å²) in [5.74, 6) is -0.568. The summed E-state index contributed by atoms with van der Waals surface area (Å²) in [5, 5.41) is 11.5. The monoisotopic (exact) mass is 364 g/mol. The predicted octanol–water partition coefficient (Wildman–Crippen LogP) is 4.67. The van der Waals surface area contributed by atoms with Crippen LogP contribution < -0.4 is 4.90 Å². The zero-order valence-corrected chi connectivity index (χ0v) is 15.2. The number of nitrogens with zero attached hydrogens (tertiary/aromatic N) is 2. The highest BCUT2D eigenvalue weighted by atomic mass is 16.6. The van der Waals surface area contributed by atoms with Crippen LogP contribution >= 0.6 is 0 Å². The van der Waals surface area contributed by atoms with Gasteiger partial charge in [-0.25, -0.2) is 4.79 Å². The van der Waals surface area contributed by atoms with Crippen LogP contribution in [0.2, 0.25) is 0 Å². The lowest BCUT2D eigenvalue weighted by molar-refractivity contribution is -0.385. The molecule has 0 spiro atoms. The maximum Gasteiger partial charge on any atom is 0.338 e. The lowest BCUT2D eigenvalue weighted by atomic mass is 9.97. The van der Waals surface area contributed by atoms with Crippen LogP contribution in [-0.4, -0.2) is 24.0 Å². The molecule has 6 nitrogen and oxygen atoms in total. The van der Waals surface area contributed by atoms with Gasteiger partial charge in [0.1, 0.15) is 0 Å². The van der Waals surface area contributed by atoms with E-state index in [1.165, 1.54) is 6.07 Å². The second-order valence-corrected chi connectivity index (χ2v) is 5.97. The Hall–Kier alpha value is -3.41. The molecule has 0 fully saturated rings. The highest BCUT2D eigenvalue weighted by Gasteiger charge is 2.19. The Morgan fingerprint density at radius 3 is 2.70 bits per heavy atom. The minimum absolute atomic E-state index is 0.128. The molecule has 0 bridgehead atoms. The molecular weight excluding hydrogens is 344 g/mol. The number of ether oxygens (including phenoxy) is 1. The molecule has 2 aromatic carbocycles. The Kier molecular flexibility index (Phi) is 5.35. The van der Waals surface area contributed by atoms with Crippen molar-refractivity contribution in [3.8, 4) is 0 Å². The van der Waals surface area contributed by atoms with Crippen molar-refractivity contribution < 1.29 is 14.5 Å². The summed E-state index contributed by atoms with van der Waals surface area (Å²) in [6, 6.07) is 12.3. The zero-order chi connectivity index (χ0) is 19.4. The fraction of sp³-hybridized carbons (Fsp3) is 0.190. The number of para-hydroxylation sites is 1. The summed E-state index contributed by atoms with van der Waals surface area (Å²) >= 11 is 0. The fourth-order valence-corrected chi connectivity index (χ4v) is 3.04. The summed E-state index contributed by atoms with van der Waals surface area (Å²) < 4.78 is 4.93. The van der Waals surface area contributed by atoms with Gasteiger partial charge in [0.05, 0.1) is 22.7 Å². The van der Waals surface area contributed by atoms with Gasteiger partial charge in [-0.3, -0.25) is 10.1 Å². The van der Waals surface area contributed by atoms with E-state index in [0.717, 1.165) is 23.4 Å². The molecule has 0 unspecified atom stereocenters. The third-order valence-electron chi connectivity index (χ3n) is 4.35. The van der Waals surface area contributed by atoms with E-state index < -0.39 is 10.9 Å². The van der Waals surface area contributed by atoms with Gasteiger partial charge in [0.15, 0.2) is 0 Å². The number of anilines is 1. The molecule has 1 aliphatic rings. The van der Waals surface area contributed by atoms with Crippen molar-refractivity contribution in [3.05, 3.63) is 81.5 Å². The van der Waals surface area contributed by atoms with E-state index in [-0.39, 0.29) is 17.9 Å². The Morgan fingerprint density at radius 2 is 2.00 bits per heavy atom. The van der Waals surface area contributed by atoms with Gasteiger partial charge >= 0.3 is 5.97 Å². The van der Waals surface area contributed by atoms with E-state index in [1.54, 1.807) is 25.1 Å². The second kappa shape index (κ2) is 7.86. The number of carbonyl (C=O) groups is 1. The summed E-state index contributed by atoms with van der Waals surface area (Å²) in [7, 11) is 0. The maximum absolute atomic E-state index is 11.9. The van der Waals surface area contributed by atoms with Crippen molar-refractivity contribution in [2.45, 2.75) is 13.8 Å². The van der Waals surface area contributed by atoms with Gasteiger partial charge in [0.2, 0.25) is 0 Å². The van der Waals surface area contributed by atoms with Gasteiger partial charge in [-0.2, -0.15) is 0 Å². The number of benzene rings is 2. The Labute approximate surface area is 157 Å². The summed E-state index contributed by atoms with van der Waals surface area (Å²) in [4.78, 5) is 25.1. The summed E-state index contributed by atoms with van der Waals surface area (Å²) in [5.41, 5.74) is 3.42. The van der Waals surface area contributed by atoms with Crippen LogP contribution in [-0.2, 0) is 4.74 Å². The quantitative estimate of drug-likeness (QED) is 0.438. The molecule has 2 aromatic rings. The Morgan fingerprint density at radius 1 is 1.22 bits per heavy atom. The topological polar surface area (TPSA) is 72.7 Å². The molecule has 0 atom stereocenters. The van der Waals surface area contributed by atoms with Crippen LogP contribution in [0.5, 0.6) is 0 Å². The highest BCUT2D eigenvalue weighted by Crippen LogP contribution is 2.35. The Bertz CT molecular complexity index is 947. The van der Waals surface area contributed by atoms with Crippen molar-refractivity contribution in [1.82, 2.24) is 0 Å². The first-order valence-corrected chi connectivity index (χ1v) is 8.76.